The highest BCUT2D eigenvalue weighted by Crippen LogP contribution is 2.34. The Morgan fingerprint density at radius 2 is 1.68 bits per heavy atom. The van der Waals surface area contributed by atoms with Gasteiger partial charge in [-0.2, -0.15) is 0 Å². The summed E-state index contributed by atoms with van der Waals surface area (Å²) in [6.45, 7) is 4.72. The number of carbonyl (C=O) groups excluding carboxylic acids is 1. The predicted octanol–water partition coefficient (Wildman–Crippen LogP) is 4.57. The Labute approximate surface area is 175 Å². The lowest BCUT2D eigenvalue weighted by Gasteiger charge is -2.35. The second-order valence-corrected chi connectivity index (χ2v) is 8.16. The van der Waals surface area contributed by atoms with Crippen molar-refractivity contribution in [1.82, 2.24) is 4.90 Å². The van der Waals surface area contributed by atoms with E-state index in [1.54, 1.807) is 17.0 Å². The van der Waals surface area contributed by atoms with E-state index in [0.717, 1.165) is 37.3 Å². The van der Waals surface area contributed by atoms with E-state index in [1.807, 2.05) is 18.2 Å². The Kier molecular flexibility index (Phi) is 5.63. The molecule has 0 aliphatic carbocycles. The van der Waals surface area contributed by atoms with E-state index in [9.17, 15) is 4.79 Å². The zero-order valence-corrected chi connectivity index (χ0v) is 17.4. The van der Waals surface area contributed by atoms with Gasteiger partial charge < -0.3 is 14.7 Å². The maximum atomic E-state index is 13.0. The van der Waals surface area contributed by atoms with Crippen LogP contribution >= 0.6 is 23.2 Å². The Morgan fingerprint density at radius 1 is 0.929 bits per heavy atom. The summed E-state index contributed by atoms with van der Waals surface area (Å²) in [5.41, 5.74) is 3.82. The molecule has 28 heavy (non-hydrogen) atoms. The lowest BCUT2D eigenvalue weighted by Crippen LogP contribution is -2.44. The number of benzene rings is 2. The Morgan fingerprint density at radius 3 is 2.43 bits per heavy atom. The van der Waals surface area contributed by atoms with Crippen molar-refractivity contribution < 1.29 is 4.79 Å². The van der Waals surface area contributed by atoms with Gasteiger partial charge in [-0.05, 0) is 49.4 Å². The normalized spacial score (nSPS) is 19.7. The van der Waals surface area contributed by atoms with Crippen LogP contribution in [0.25, 0.3) is 6.08 Å². The van der Waals surface area contributed by atoms with Crippen molar-refractivity contribution in [3.8, 4) is 0 Å². The third kappa shape index (κ3) is 3.90. The van der Waals surface area contributed by atoms with Gasteiger partial charge in [0.25, 0.3) is 5.91 Å². The monoisotopic (exact) mass is 415 g/mol. The Hall–Kier alpha value is -2.01. The van der Waals surface area contributed by atoms with E-state index < -0.39 is 0 Å². The van der Waals surface area contributed by atoms with Gasteiger partial charge in [-0.15, -0.1) is 0 Å². The first kappa shape index (κ1) is 19.3. The summed E-state index contributed by atoms with van der Waals surface area (Å²) in [4.78, 5) is 19.5. The smallest absolute Gasteiger partial charge is 0.254 e. The zero-order valence-electron chi connectivity index (χ0n) is 15.9. The molecule has 2 fully saturated rings. The molecule has 2 aliphatic rings. The number of anilines is 2. The fraction of sp³-hybridized carbons (Fsp3) is 0.318. The SMILES string of the molecule is CN1CCN(c2ccccc2/C=C2\CCN(c3ccc(Cl)cc3Cl)C2=O)CC1. The minimum absolute atomic E-state index is 0.0115. The fourth-order valence-corrected chi connectivity index (χ4v) is 4.32. The van der Waals surface area contributed by atoms with Crippen molar-refractivity contribution in [1.29, 1.82) is 0 Å². The number of hydrogen-bond acceptors (Lipinski definition) is 3. The zero-order chi connectivity index (χ0) is 19.7. The van der Waals surface area contributed by atoms with Gasteiger partial charge in [0.1, 0.15) is 0 Å². The van der Waals surface area contributed by atoms with Gasteiger partial charge in [0.2, 0.25) is 0 Å². The van der Waals surface area contributed by atoms with Crippen LogP contribution < -0.4 is 9.80 Å². The Balaban J connectivity index is 1.59. The molecule has 2 aliphatic heterocycles. The summed E-state index contributed by atoms with van der Waals surface area (Å²) >= 11 is 12.3. The van der Waals surface area contributed by atoms with E-state index in [1.165, 1.54) is 5.69 Å². The standard InChI is InChI=1S/C22H23Cl2N3O/c1-25-10-12-26(13-11-25)20-5-3-2-4-16(20)14-17-8-9-27(22(17)28)21-7-6-18(23)15-19(21)24/h2-7,14-15H,8-13H2,1H3/b17-14+. The highest BCUT2D eigenvalue weighted by Gasteiger charge is 2.29. The number of piperazine rings is 1. The van der Waals surface area contributed by atoms with Crippen molar-refractivity contribution in [2.75, 3.05) is 49.6 Å². The van der Waals surface area contributed by atoms with Gasteiger partial charge in [0.15, 0.2) is 0 Å². The van der Waals surface area contributed by atoms with Crippen LogP contribution in [-0.2, 0) is 4.79 Å². The number of para-hydroxylation sites is 1. The molecule has 4 rings (SSSR count). The molecule has 146 valence electrons. The van der Waals surface area contributed by atoms with Crippen molar-refractivity contribution in [2.45, 2.75) is 6.42 Å². The molecule has 0 aromatic heterocycles. The lowest BCUT2D eigenvalue weighted by atomic mass is 10.1. The second kappa shape index (κ2) is 8.16. The average molecular weight is 416 g/mol. The molecule has 2 saturated heterocycles. The maximum absolute atomic E-state index is 13.0. The quantitative estimate of drug-likeness (QED) is 0.687. The van der Waals surface area contributed by atoms with Crippen molar-refractivity contribution in [3.05, 3.63) is 63.6 Å². The van der Waals surface area contributed by atoms with Gasteiger partial charge in [-0.1, -0.05) is 41.4 Å². The van der Waals surface area contributed by atoms with Gasteiger partial charge in [0.05, 0.1) is 10.7 Å². The Bertz CT molecular complexity index is 920. The highest BCUT2D eigenvalue weighted by molar-refractivity contribution is 6.37. The van der Waals surface area contributed by atoms with E-state index in [0.29, 0.717) is 28.7 Å². The van der Waals surface area contributed by atoms with E-state index >= 15 is 0 Å². The summed E-state index contributed by atoms with van der Waals surface area (Å²) in [7, 11) is 2.15. The summed E-state index contributed by atoms with van der Waals surface area (Å²) < 4.78 is 0. The van der Waals surface area contributed by atoms with Crippen LogP contribution in [0, 0.1) is 0 Å². The molecular weight excluding hydrogens is 393 g/mol. The van der Waals surface area contributed by atoms with Crippen LogP contribution in [0.2, 0.25) is 10.0 Å². The van der Waals surface area contributed by atoms with Gasteiger partial charge in [-0.25, -0.2) is 0 Å². The highest BCUT2D eigenvalue weighted by atomic mass is 35.5. The van der Waals surface area contributed by atoms with Crippen LogP contribution in [0.5, 0.6) is 0 Å². The largest absolute Gasteiger partial charge is 0.368 e. The molecule has 4 nitrogen and oxygen atoms in total. The first-order valence-electron chi connectivity index (χ1n) is 9.53. The molecule has 0 radical (unpaired) electrons. The molecule has 2 aromatic rings. The van der Waals surface area contributed by atoms with Gasteiger partial charge >= 0.3 is 0 Å². The number of nitrogens with zero attached hydrogens (tertiary/aromatic N) is 3. The molecule has 0 spiro atoms. The maximum Gasteiger partial charge on any atom is 0.254 e. The number of rotatable bonds is 3. The van der Waals surface area contributed by atoms with Crippen LogP contribution in [0.4, 0.5) is 11.4 Å². The van der Waals surface area contributed by atoms with Gasteiger partial charge in [-0.3, -0.25) is 4.79 Å². The number of likely N-dealkylation sites (N-methyl/N-ethyl adjacent to an activating group) is 1. The first-order valence-corrected chi connectivity index (χ1v) is 10.3. The molecule has 0 bridgehead atoms. The average Bonchev–Trinajstić information content (AvgIpc) is 3.03. The second-order valence-electron chi connectivity index (χ2n) is 7.32. The van der Waals surface area contributed by atoms with Crippen molar-refractivity contribution >= 4 is 46.6 Å². The number of amides is 1. The fourth-order valence-electron chi connectivity index (χ4n) is 3.81. The topological polar surface area (TPSA) is 26.8 Å². The van der Waals surface area contributed by atoms with Crippen molar-refractivity contribution in [2.24, 2.45) is 0 Å². The first-order chi connectivity index (χ1) is 13.5. The van der Waals surface area contributed by atoms with E-state index in [2.05, 4.69) is 35.0 Å². The van der Waals surface area contributed by atoms with Gasteiger partial charge in [0, 0.05) is 49.0 Å². The van der Waals surface area contributed by atoms with Crippen LogP contribution in [-0.4, -0.2) is 50.6 Å². The number of hydrogen-bond donors (Lipinski definition) is 0. The van der Waals surface area contributed by atoms with E-state index in [4.69, 9.17) is 23.2 Å². The van der Waals surface area contributed by atoms with E-state index in [-0.39, 0.29) is 5.91 Å². The summed E-state index contributed by atoms with van der Waals surface area (Å²) in [6.07, 6.45) is 2.74. The predicted molar refractivity (Wildman–Crippen MR) is 118 cm³/mol. The van der Waals surface area contributed by atoms with Crippen molar-refractivity contribution in [3.63, 3.8) is 0 Å². The molecule has 1 amide bonds. The minimum Gasteiger partial charge on any atom is -0.368 e. The minimum atomic E-state index is 0.0115. The molecule has 0 atom stereocenters. The molecule has 2 heterocycles. The molecular formula is C22H23Cl2N3O. The molecule has 2 aromatic carbocycles. The third-order valence-electron chi connectivity index (χ3n) is 5.44. The number of carbonyl (C=O) groups is 1. The van der Waals surface area contributed by atoms with Crippen LogP contribution in [0.1, 0.15) is 12.0 Å². The molecule has 0 unspecified atom stereocenters. The molecule has 6 heteroatoms. The molecule has 0 saturated carbocycles. The van der Waals surface area contributed by atoms with Crippen LogP contribution in [0.3, 0.4) is 0 Å². The van der Waals surface area contributed by atoms with Crippen LogP contribution in [0.15, 0.2) is 48.0 Å². The third-order valence-corrected chi connectivity index (χ3v) is 5.97. The summed E-state index contributed by atoms with van der Waals surface area (Å²) in [5, 5.41) is 1.07. The summed E-state index contributed by atoms with van der Waals surface area (Å²) in [6, 6.07) is 13.6. The number of halogens is 2. The summed E-state index contributed by atoms with van der Waals surface area (Å²) in [5.74, 6) is 0.0115. The lowest BCUT2D eigenvalue weighted by molar-refractivity contribution is -0.114. The molecule has 0 N–H and O–H groups in total.